The van der Waals surface area contributed by atoms with Crippen molar-refractivity contribution in [3.05, 3.63) is 81.5 Å². The number of halogens is 2. The molecule has 0 saturated heterocycles. The molecule has 0 saturated carbocycles. The molecule has 0 radical (unpaired) electrons. The number of allylic oxidation sites excluding steroid dienone is 1. The van der Waals surface area contributed by atoms with Crippen LogP contribution in [-0.2, 0) is 14.4 Å². The highest BCUT2D eigenvalue weighted by Crippen LogP contribution is 2.38. The molecule has 130 valence electrons. The Morgan fingerprint density at radius 1 is 1.04 bits per heavy atom. The van der Waals surface area contributed by atoms with Crippen molar-refractivity contribution in [3.8, 4) is 0 Å². The summed E-state index contributed by atoms with van der Waals surface area (Å²) in [5.41, 5.74) is 1.15. The van der Waals surface area contributed by atoms with Crippen molar-refractivity contribution in [3.63, 3.8) is 0 Å². The Hall–Kier alpha value is -2.63. The van der Waals surface area contributed by atoms with Gasteiger partial charge in [0, 0.05) is 11.6 Å². The quantitative estimate of drug-likeness (QED) is 0.745. The number of carbonyl (C=O) groups is 2. The van der Waals surface area contributed by atoms with Crippen LogP contribution in [0.1, 0.15) is 15.9 Å². The Balaban J connectivity index is 1.59. The van der Waals surface area contributed by atoms with Crippen LogP contribution in [0.25, 0.3) is 0 Å². The highest BCUT2D eigenvalue weighted by molar-refractivity contribution is 6.41. The minimum Gasteiger partial charge on any atom is -0.423 e. The van der Waals surface area contributed by atoms with Gasteiger partial charge in [0.2, 0.25) is 6.10 Å². The number of ether oxygens (including phenoxy) is 1. The molecule has 1 aliphatic heterocycles. The molecule has 0 aromatic heterocycles. The van der Waals surface area contributed by atoms with Gasteiger partial charge in [0.25, 0.3) is 0 Å². The second-order valence-electron chi connectivity index (χ2n) is 5.78. The van der Waals surface area contributed by atoms with E-state index in [1.54, 1.807) is 48.5 Å². The predicted octanol–water partition coefficient (Wildman–Crippen LogP) is 4.04. The van der Waals surface area contributed by atoms with E-state index < -0.39 is 18.0 Å². The first-order valence-electron chi connectivity index (χ1n) is 7.77. The third kappa shape index (κ3) is 2.79. The summed E-state index contributed by atoms with van der Waals surface area (Å²) in [6.07, 6.45) is 0.452. The summed E-state index contributed by atoms with van der Waals surface area (Å²) in [7, 11) is 0. The van der Waals surface area contributed by atoms with Crippen LogP contribution >= 0.6 is 23.2 Å². The summed E-state index contributed by atoms with van der Waals surface area (Å²) >= 11 is 12.4. The Morgan fingerprint density at radius 2 is 1.73 bits per heavy atom. The van der Waals surface area contributed by atoms with E-state index in [4.69, 9.17) is 32.8 Å². The van der Waals surface area contributed by atoms with Gasteiger partial charge >= 0.3 is 5.97 Å². The zero-order valence-corrected chi connectivity index (χ0v) is 14.7. The van der Waals surface area contributed by atoms with Gasteiger partial charge in [0.05, 0.1) is 15.6 Å². The molecular formula is C19H11Cl2NO4. The monoisotopic (exact) mass is 387 g/mol. The Morgan fingerprint density at radius 3 is 2.42 bits per heavy atom. The van der Waals surface area contributed by atoms with Gasteiger partial charge in [-0.15, -0.1) is 0 Å². The van der Waals surface area contributed by atoms with E-state index in [0.29, 0.717) is 26.9 Å². The molecule has 0 amide bonds. The molecule has 0 bridgehead atoms. The van der Waals surface area contributed by atoms with E-state index in [0.717, 1.165) is 0 Å². The number of oxime groups is 1. The standard InChI is InChI=1S/C19H11Cl2NO4/c20-11-7-4-8-12(21)15(11)17-16-13(23)9-14(18(16)26-22-17)25-19(24)10-5-2-1-3-6-10/h1-9,16,18H. The largest absolute Gasteiger partial charge is 0.423 e. The average molecular weight is 388 g/mol. The second-order valence-corrected chi connectivity index (χ2v) is 6.60. The van der Waals surface area contributed by atoms with Gasteiger partial charge in [0.1, 0.15) is 11.6 Å². The first-order chi connectivity index (χ1) is 12.6. The molecule has 2 atom stereocenters. The molecule has 0 spiro atoms. The summed E-state index contributed by atoms with van der Waals surface area (Å²) in [4.78, 5) is 30.1. The minimum absolute atomic E-state index is 0.121. The molecule has 2 aromatic carbocycles. The fourth-order valence-electron chi connectivity index (χ4n) is 2.96. The summed E-state index contributed by atoms with van der Waals surface area (Å²) < 4.78 is 5.36. The smallest absolute Gasteiger partial charge is 0.343 e. The molecule has 7 heteroatoms. The molecule has 2 unspecified atom stereocenters. The van der Waals surface area contributed by atoms with Gasteiger partial charge < -0.3 is 9.57 Å². The lowest BCUT2D eigenvalue weighted by Crippen LogP contribution is -2.27. The van der Waals surface area contributed by atoms with Gasteiger partial charge in [0.15, 0.2) is 11.5 Å². The Kier molecular flexibility index (Phi) is 4.26. The molecule has 1 heterocycles. The zero-order valence-electron chi connectivity index (χ0n) is 13.2. The lowest BCUT2D eigenvalue weighted by atomic mass is 9.92. The van der Waals surface area contributed by atoms with Crippen LogP contribution < -0.4 is 0 Å². The first kappa shape index (κ1) is 16.8. The highest BCUT2D eigenvalue weighted by atomic mass is 35.5. The number of esters is 1. The number of rotatable bonds is 3. The van der Waals surface area contributed by atoms with Crippen molar-refractivity contribution in [1.29, 1.82) is 0 Å². The van der Waals surface area contributed by atoms with Crippen LogP contribution in [0.2, 0.25) is 10.0 Å². The lowest BCUT2D eigenvalue weighted by molar-refractivity contribution is -0.117. The van der Waals surface area contributed by atoms with Crippen LogP contribution in [0, 0.1) is 5.92 Å². The number of carbonyl (C=O) groups excluding carboxylic acids is 2. The van der Waals surface area contributed by atoms with Crippen molar-refractivity contribution < 1.29 is 19.2 Å². The molecular weight excluding hydrogens is 377 g/mol. The van der Waals surface area contributed by atoms with Crippen molar-refractivity contribution in [2.45, 2.75) is 6.10 Å². The maximum Gasteiger partial charge on any atom is 0.343 e. The van der Waals surface area contributed by atoms with Gasteiger partial charge in [-0.2, -0.15) is 0 Å². The fraction of sp³-hybridized carbons (Fsp3) is 0.105. The maximum absolute atomic E-state index is 12.5. The van der Waals surface area contributed by atoms with E-state index in [1.165, 1.54) is 6.08 Å². The van der Waals surface area contributed by atoms with Crippen LogP contribution in [-0.4, -0.2) is 23.6 Å². The van der Waals surface area contributed by atoms with Crippen molar-refractivity contribution in [2.24, 2.45) is 11.1 Å². The van der Waals surface area contributed by atoms with Crippen LogP contribution in [0.4, 0.5) is 0 Å². The number of hydrogen-bond acceptors (Lipinski definition) is 5. The first-order valence-corrected chi connectivity index (χ1v) is 8.52. The minimum atomic E-state index is -0.808. The Bertz CT molecular complexity index is 949. The van der Waals surface area contributed by atoms with Crippen LogP contribution in [0.3, 0.4) is 0 Å². The molecule has 2 aromatic rings. The number of fused-ring (bicyclic) bond motifs is 1. The molecule has 4 rings (SSSR count). The highest BCUT2D eigenvalue weighted by Gasteiger charge is 2.49. The normalized spacial score (nSPS) is 20.9. The third-order valence-corrected chi connectivity index (χ3v) is 4.80. The van der Waals surface area contributed by atoms with E-state index >= 15 is 0 Å². The summed E-state index contributed by atoms with van der Waals surface area (Å²) in [6, 6.07) is 13.5. The molecule has 1 aliphatic carbocycles. The number of nitrogens with zero attached hydrogens (tertiary/aromatic N) is 1. The zero-order chi connectivity index (χ0) is 18.3. The predicted molar refractivity (Wildman–Crippen MR) is 96.3 cm³/mol. The SMILES string of the molecule is O=C(OC1=CC(=O)C2C(c3c(Cl)cccc3Cl)=NOC12)c1ccccc1. The maximum atomic E-state index is 12.5. The molecule has 0 N–H and O–H groups in total. The topological polar surface area (TPSA) is 65.0 Å². The molecule has 2 aliphatic rings. The van der Waals surface area contributed by atoms with E-state index in [2.05, 4.69) is 5.16 Å². The molecule has 5 nitrogen and oxygen atoms in total. The third-order valence-electron chi connectivity index (χ3n) is 4.17. The van der Waals surface area contributed by atoms with E-state index in [1.807, 2.05) is 0 Å². The van der Waals surface area contributed by atoms with Crippen molar-refractivity contribution in [1.82, 2.24) is 0 Å². The summed E-state index contributed by atoms with van der Waals surface area (Å²) in [6.45, 7) is 0. The molecule has 26 heavy (non-hydrogen) atoms. The number of hydrogen-bond donors (Lipinski definition) is 0. The molecule has 0 fully saturated rings. The Labute approximate surface area is 158 Å². The van der Waals surface area contributed by atoms with Gasteiger partial charge in [-0.25, -0.2) is 4.79 Å². The van der Waals surface area contributed by atoms with Crippen LogP contribution in [0.5, 0.6) is 0 Å². The van der Waals surface area contributed by atoms with E-state index in [-0.39, 0.29) is 11.5 Å². The average Bonchev–Trinajstić information content (AvgIpc) is 3.18. The number of ketones is 1. The van der Waals surface area contributed by atoms with Gasteiger partial charge in [-0.05, 0) is 24.3 Å². The van der Waals surface area contributed by atoms with Crippen molar-refractivity contribution >= 4 is 40.7 Å². The lowest BCUT2D eigenvalue weighted by Gasteiger charge is -2.13. The summed E-state index contributed by atoms with van der Waals surface area (Å²) in [5, 5.41) is 4.72. The van der Waals surface area contributed by atoms with Gasteiger partial charge in [-0.1, -0.05) is 52.6 Å². The summed E-state index contributed by atoms with van der Waals surface area (Å²) in [5.74, 6) is -1.47. The van der Waals surface area contributed by atoms with E-state index in [9.17, 15) is 9.59 Å². The fourth-order valence-corrected chi connectivity index (χ4v) is 3.55. The van der Waals surface area contributed by atoms with Crippen molar-refractivity contribution in [2.75, 3.05) is 0 Å². The number of benzene rings is 2. The van der Waals surface area contributed by atoms with Gasteiger partial charge in [-0.3, -0.25) is 4.79 Å². The van der Waals surface area contributed by atoms with Crippen LogP contribution in [0.15, 0.2) is 65.5 Å². The second kappa shape index (κ2) is 6.59.